The minimum atomic E-state index is -1.24. The Balaban J connectivity index is 2.67. The molecule has 0 spiro atoms. The van der Waals surface area contributed by atoms with E-state index in [9.17, 15) is 9.59 Å². The molecule has 0 aliphatic carbocycles. The van der Waals surface area contributed by atoms with Gasteiger partial charge in [0.05, 0.1) is 5.69 Å². The standard InChI is InChI=1S/C14H19IN2O5/c1-14(2,3)22-13(20)17-9(12(18)19)7-21-10-6-4-5-8(15)11(10)16/h4-6,9H,7,16H2,1-3H3,(H,17,20)(H,18,19). The molecule has 0 heterocycles. The van der Waals surface area contributed by atoms with Crippen molar-refractivity contribution in [3.63, 3.8) is 0 Å². The lowest BCUT2D eigenvalue weighted by Crippen LogP contribution is -2.46. The fourth-order valence-corrected chi connectivity index (χ4v) is 1.91. The molecule has 1 amide bonds. The van der Waals surface area contributed by atoms with E-state index >= 15 is 0 Å². The van der Waals surface area contributed by atoms with E-state index < -0.39 is 23.7 Å². The van der Waals surface area contributed by atoms with Crippen LogP contribution in [0.3, 0.4) is 0 Å². The second-order valence-electron chi connectivity index (χ2n) is 5.50. The number of amides is 1. The van der Waals surface area contributed by atoms with Crippen LogP contribution in [-0.4, -0.2) is 35.4 Å². The molecule has 0 bridgehead atoms. The quantitative estimate of drug-likeness (QED) is 0.496. The Morgan fingerprint density at radius 2 is 2.05 bits per heavy atom. The molecule has 0 fully saturated rings. The molecule has 122 valence electrons. The van der Waals surface area contributed by atoms with Crippen LogP contribution in [0.5, 0.6) is 5.75 Å². The van der Waals surface area contributed by atoms with Gasteiger partial charge in [-0.15, -0.1) is 0 Å². The number of nitrogens with two attached hydrogens (primary N) is 1. The third-order valence-electron chi connectivity index (χ3n) is 2.41. The molecule has 0 aliphatic rings. The van der Waals surface area contributed by atoms with E-state index in [0.29, 0.717) is 11.4 Å². The van der Waals surface area contributed by atoms with E-state index in [1.54, 1.807) is 39.0 Å². The van der Waals surface area contributed by atoms with Gasteiger partial charge in [-0.3, -0.25) is 0 Å². The number of benzene rings is 1. The number of para-hydroxylation sites is 1. The maximum Gasteiger partial charge on any atom is 0.408 e. The van der Waals surface area contributed by atoms with Gasteiger partial charge in [0.15, 0.2) is 6.04 Å². The Morgan fingerprint density at radius 1 is 1.41 bits per heavy atom. The van der Waals surface area contributed by atoms with Gasteiger partial charge in [-0.1, -0.05) is 6.07 Å². The van der Waals surface area contributed by atoms with E-state index in [1.165, 1.54) is 0 Å². The molecule has 4 N–H and O–H groups in total. The molecule has 8 heteroatoms. The number of carboxylic acids is 1. The number of carbonyl (C=O) groups excluding carboxylic acids is 1. The topological polar surface area (TPSA) is 111 Å². The second kappa shape index (κ2) is 7.52. The van der Waals surface area contributed by atoms with Gasteiger partial charge >= 0.3 is 12.1 Å². The molecule has 1 rings (SSSR count). The van der Waals surface area contributed by atoms with E-state index in [0.717, 1.165) is 3.57 Å². The van der Waals surface area contributed by atoms with Crippen LogP contribution in [0.1, 0.15) is 20.8 Å². The SMILES string of the molecule is CC(C)(C)OC(=O)NC(COc1cccc(I)c1N)C(=O)O. The van der Waals surface area contributed by atoms with Crippen molar-refractivity contribution >= 4 is 40.3 Å². The molecule has 1 aromatic rings. The predicted molar refractivity (Wildman–Crippen MR) is 89.9 cm³/mol. The van der Waals surface area contributed by atoms with Crippen LogP contribution in [0.25, 0.3) is 0 Å². The van der Waals surface area contributed by atoms with Crippen molar-refractivity contribution in [1.29, 1.82) is 0 Å². The van der Waals surface area contributed by atoms with Crippen molar-refractivity contribution < 1.29 is 24.2 Å². The zero-order valence-corrected chi connectivity index (χ0v) is 14.7. The highest BCUT2D eigenvalue weighted by Gasteiger charge is 2.24. The molecule has 1 atom stereocenters. The first kappa shape index (κ1) is 18.3. The summed E-state index contributed by atoms with van der Waals surface area (Å²) in [7, 11) is 0. The Morgan fingerprint density at radius 3 is 2.59 bits per heavy atom. The van der Waals surface area contributed by atoms with Crippen molar-refractivity contribution in [3.05, 3.63) is 21.8 Å². The molecule has 0 saturated carbocycles. The summed E-state index contributed by atoms with van der Waals surface area (Å²) < 4.78 is 11.2. The number of carboxylic acid groups (broad SMARTS) is 1. The zero-order chi connectivity index (χ0) is 16.9. The lowest BCUT2D eigenvalue weighted by molar-refractivity contribution is -0.140. The first-order chi connectivity index (χ1) is 10.1. The first-order valence-electron chi connectivity index (χ1n) is 6.49. The van der Waals surface area contributed by atoms with Crippen molar-refractivity contribution in [2.45, 2.75) is 32.4 Å². The van der Waals surface area contributed by atoms with E-state index in [2.05, 4.69) is 5.32 Å². The number of carbonyl (C=O) groups is 2. The van der Waals surface area contributed by atoms with Crippen LogP contribution in [0.2, 0.25) is 0 Å². The molecule has 0 saturated heterocycles. The monoisotopic (exact) mass is 422 g/mol. The smallest absolute Gasteiger partial charge is 0.408 e. The first-order valence-corrected chi connectivity index (χ1v) is 7.57. The average Bonchev–Trinajstić information content (AvgIpc) is 2.36. The maximum atomic E-state index is 11.6. The van der Waals surface area contributed by atoms with Gasteiger partial charge in [0, 0.05) is 3.57 Å². The highest BCUT2D eigenvalue weighted by Crippen LogP contribution is 2.26. The molecule has 0 aromatic heterocycles. The van der Waals surface area contributed by atoms with Gasteiger partial charge in [-0.2, -0.15) is 0 Å². The number of alkyl carbamates (subject to hydrolysis) is 1. The third kappa shape index (κ3) is 5.96. The van der Waals surface area contributed by atoms with Gasteiger partial charge in [-0.05, 0) is 55.5 Å². The summed E-state index contributed by atoms with van der Waals surface area (Å²) in [4.78, 5) is 22.8. The summed E-state index contributed by atoms with van der Waals surface area (Å²) in [6, 6.07) is 3.93. The van der Waals surface area contributed by atoms with Gasteiger partial charge in [0.2, 0.25) is 0 Å². The third-order valence-corrected chi connectivity index (χ3v) is 3.35. The number of nitrogens with one attached hydrogen (secondary N) is 1. The van der Waals surface area contributed by atoms with Crippen LogP contribution in [0.4, 0.5) is 10.5 Å². The summed E-state index contributed by atoms with van der Waals surface area (Å²) in [6.45, 7) is 4.79. The highest BCUT2D eigenvalue weighted by atomic mass is 127. The average molecular weight is 422 g/mol. The van der Waals surface area contributed by atoms with Crippen LogP contribution >= 0.6 is 22.6 Å². The van der Waals surface area contributed by atoms with Gasteiger partial charge < -0.3 is 25.6 Å². The minimum Gasteiger partial charge on any atom is -0.489 e. The van der Waals surface area contributed by atoms with Crippen molar-refractivity contribution in [1.82, 2.24) is 5.32 Å². The minimum absolute atomic E-state index is 0.265. The number of ether oxygens (including phenoxy) is 2. The highest BCUT2D eigenvalue weighted by molar-refractivity contribution is 14.1. The number of halogens is 1. The second-order valence-corrected chi connectivity index (χ2v) is 6.66. The molecule has 7 nitrogen and oxygen atoms in total. The largest absolute Gasteiger partial charge is 0.489 e. The summed E-state index contributed by atoms with van der Waals surface area (Å²) in [5.41, 5.74) is 5.54. The number of anilines is 1. The summed E-state index contributed by atoms with van der Waals surface area (Å²) in [5.74, 6) is -0.862. The fraction of sp³-hybridized carbons (Fsp3) is 0.429. The number of hydrogen-bond acceptors (Lipinski definition) is 5. The number of rotatable bonds is 5. The summed E-state index contributed by atoms with van der Waals surface area (Å²) in [5, 5.41) is 11.4. The Bertz CT molecular complexity index is 557. The van der Waals surface area contributed by atoms with Crippen LogP contribution in [0, 0.1) is 3.57 Å². The summed E-state index contributed by atoms with van der Waals surface area (Å²) >= 11 is 2.04. The Labute approximate surface area is 142 Å². The molecule has 0 radical (unpaired) electrons. The lowest BCUT2D eigenvalue weighted by Gasteiger charge is -2.22. The lowest BCUT2D eigenvalue weighted by atomic mass is 10.2. The Kier molecular flexibility index (Phi) is 6.27. The maximum absolute atomic E-state index is 11.6. The number of aliphatic carboxylic acids is 1. The normalized spacial score (nSPS) is 12.4. The number of nitrogen functional groups attached to an aromatic ring is 1. The summed E-state index contributed by atoms with van der Waals surface area (Å²) in [6.07, 6.45) is -0.820. The molecule has 1 aromatic carbocycles. The van der Waals surface area contributed by atoms with E-state index in [-0.39, 0.29) is 6.61 Å². The van der Waals surface area contributed by atoms with E-state index in [1.807, 2.05) is 22.6 Å². The fourth-order valence-electron chi connectivity index (χ4n) is 1.44. The van der Waals surface area contributed by atoms with Crippen LogP contribution < -0.4 is 15.8 Å². The molecule has 1 unspecified atom stereocenters. The van der Waals surface area contributed by atoms with Gasteiger partial charge in [0.25, 0.3) is 0 Å². The van der Waals surface area contributed by atoms with Crippen molar-refractivity contribution in [3.8, 4) is 5.75 Å². The van der Waals surface area contributed by atoms with Crippen LogP contribution in [-0.2, 0) is 9.53 Å². The molecular weight excluding hydrogens is 403 g/mol. The van der Waals surface area contributed by atoms with Gasteiger partial charge in [0.1, 0.15) is 18.0 Å². The van der Waals surface area contributed by atoms with Crippen molar-refractivity contribution in [2.75, 3.05) is 12.3 Å². The molecule has 0 aliphatic heterocycles. The predicted octanol–water partition coefficient (Wildman–Crippen LogP) is 2.23. The zero-order valence-electron chi connectivity index (χ0n) is 12.6. The van der Waals surface area contributed by atoms with E-state index in [4.69, 9.17) is 20.3 Å². The van der Waals surface area contributed by atoms with Crippen molar-refractivity contribution in [2.24, 2.45) is 0 Å². The Hall–Kier alpha value is -1.71. The van der Waals surface area contributed by atoms with Gasteiger partial charge in [-0.25, -0.2) is 9.59 Å². The number of hydrogen-bond donors (Lipinski definition) is 3. The molecule has 22 heavy (non-hydrogen) atoms. The van der Waals surface area contributed by atoms with Crippen LogP contribution in [0.15, 0.2) is 18.2 Å². The molecular formula is C14H19IN2O5.